The molecule has 0 saturated carbocycles. The Balaban J connectivity index is 1.93. The maximum Gasteiger partial charge on any atom is 0.344 e. The minimum atomic E-state index is -0.430. The molecule has 0 N–H and O–H groups in total. The van der Waals surface area contributed by atoms with Crippen LogP contribution in [0.2, 0.25) is 0 Å². The molecular weight excluding hydrogens is 356 g/mol. The monoisotopic (exact) mass is 380 g/mol. The summed E-state index contributed by atoms with van der Waals surface area (Å²) in [6, 6.07) is 14.8. The smallest absolute Gasteiger partial charge is 0.344 e. The normalized spacial score (nSPS) is 10.8. The van der Waals surface area contributed by atoms with Gasteiger partial charge >= 0.3 is 11.6 Å². The van der Waals surface area contributed by atoms with Crippen LogP contribution in [0.4, 0.5) is 0 Å². The lowest BCUT2D eigenvalue weighted by Crippen LogP contribution is -2.16. The lowest BCUT2D eigenvalue weighted by molar-refractivity contribution is -0.146. The van der Waals surface area contributed by atoms with E-state index < -0.39 is 11.6 Å². The van der Waals surface area contributed by atoms with Gasteiger partial charge in [0.2, 0.25) is 0 Å². The summed E-state index contributed by atoms with van der Waals surface area (Å²) >= 11 is 0. The standard InChI is InChI=1S/C23H24O5/c1-3-5-11-26-23(25)15-27-20-14-21-19(12-16(20)4-2)18(13-22(24)28-21)17-9-7-6-8-10-17/h6-10,12-14H,3-5,11,15H2,1-2H3. The molecule has 146 valence electrons. The number of esters is 1. The van der Waals surface area contributed by atoms with E-state index in [1.165, 1.54) is 6.07 Å². The van der Waals surface area contributed by atoms with Crippen molar-refractivity contribution in [1.29, 1.82) is 0 Å². The van der Waals surface area contributed by atoms with E-state index in [1.807, 2.05) is 50.2 Å². The zero-order chi connectivity index (χ0) is 19.9. The third kappa shape index (κ3) is 4.60. The second kappa shape index (κ2) is 9.22. The molecule has 1 heterocycles. The van der Waals surface area contributed by atoms with Crippen molar-refractivity contribution in [2.75, 3.05) is 13.2 Å². The quantitative estimate of drug-likeness (QED) is 0.321. The number of carbonyl (C=O) groups excluding carboxylic acids is 1. The van der Waals surface area contributed by atoms with Gasteiger partial charge < -0.3 is 13.9 Å². The van der Waals surface area contributed by atoms with E-state index in [0.717, 1.165) is 34.9 Å². The van der Waals surface area contributed by atoms with Crippen LogP contribution < -0.4 is 10.4 Å². The number of hydrogen-bond donors (Lipinski definition) is 0. The highest BCUT2D eigenvalue weighted by molar-refractivity contribution is 5.94. The summed E-state index contributed by atoms with van der Waals surface area (Å²) in [6.45, 7) is 4.26. The van der Waals surface area contributed by atoms with Crippen LogP contribution in [0.15, 0.2) is 57.7 Å². The van der Waals surface area contributed by atoms with Crippen molar-refractivity contribution in [2.24, 2.45) is 0 Å². The third-order valence-corrected chi connectivity index (χ3v) is 4.50. The Bertz CT molecular complexity index is 1000. The van der Waals surface area contributed by atoms with E-state index in [9.17, 15) is 9.59 Å². The molecule has 0 aliphatic heterocycles. The molecule has 5 nitrogen and oxygen atoms in total. The van der Waals surface area contributed by atoms with Gasteiger partial charge in [-0.15, -0.1) is 0 Å². The van der Waals surface area contributed by atoms with Gasteiger partial charge in [-0.25, -0.2) is 9.59 Å². The van der Waals surface area contributed by atoms with Crippen molar-refractivity contribution in [3.8, 4) is 16.9 Å². The highest BCUT2D eigenvalue weighted by Gasteiger charge is 2.14. The summed E-state index contributed by atoms with van der Waals surface area (Å²) in [6.07, 6.45) is 2.50. The van der Waals surface area contributed by atoms with Crippen molar-refractivity contribution in [3.05, 3.63) is 64.5 Å². The molecule has 0 radical (unpaired) electrons. The van der Waals surface area contributed by atoms with Crippen LogP contribution >= 0.6 is 0 Å². The third-order valence-electron chi connectivity index (χ3n) is 4.50. The number of carbonyl (C=O) groups is 1. The number of hydrogen-bond acceptors (Lipinski definition) is 5. The average Bonchev–Trinajstić information content (AvgIpc) is 2.71. The molecular formula is C23H24O5. The van der Waals surface area contributed by atoms with Gasteiger partial charge in [0.1, 0.15) is 11.3 Å². The molecule has 1 aromatic heterocycles. The number of fused-ring (bicyclic) bond motifs is 1. The predicted molar refractivity (Wildman–Crippen MR) is 109 cm³/mol. The predicted octanol–water partition coefficient (Wildman–Crippen LogP) is 4.74. The molecule has 0 aliphatic carbocycles. The highest BCUT2D eigenvalue weighted by atomic mass is 16.6. The van der Waals surface area contributed by atoms with Gasteiger partial charge in [-0.1, -0.05) is 50.6 Å². The Morgan fingerprint density at radius 1 is 1.07 bits per heavy atom. The van der Waals surface area contributed by atoms with Crippen LogP contribution in [0.5, 0.6) is 5.75 Å². The first-order valence-electron chi connectivity index (χ1n) is 9.57. The first-order valence-corrected chi connectivity index (χ1v) is 9.57. The zero-order valence-electron chi connectivity index (χ0n) is 16.2. The Morgan fingerprint density at radius 2 is 1.86 bits per heavy atom. The average molecular weight is 380 g/mol. The fourth-order valence-corrected chi connectivity index (χ4v) is 3.01. The van der Waals surface area contributed by atoms with Crippen molar-refractivity contribution >= 4 is 16.9 Å². The molecule has 0 amide bonds. The van der Waals surface area contributed by atoms with Crippen LogP contribution in [-0.4, -0.2) is 19.2 Å². The number of aryl methyl sites for hydroxylation is 1. The second-order valence-electron chi connectivity index (χ2n) is 6.52. The van der Waals surface area contributed by atoms with Gasteiger partial charge in [0.25, 0.3) is 0 Å². The van der Waals surface area contributed by atoms with E-state index in [1.54, 1.807) is 6.07 Å². The summed E-state index contributed by atoms with van der Waals surface area (Å²) in [4.78, 5) is 23.9. The minimum Gasteiger partial charge on any atom is -0.481 e. The van der Waals surface area contributed by atoms with Crippen molar-refractivity contribution in [1.82, 2.24) is 0 Å². The molecule has 0 aliphatic rings. The van der Waals surface area contributed by atoms with E-state index in [4.69, 9.17) is 13.9 Å². The maximum absolute atomic E-state index is 12.1. The topological polar surface area (TPSA) is 65.7 Å². The van der Waals surface area contributed by atoms with Crippen LogP contribution in [-0.2, 0) is 16.0 Å². The Labute approximate surface area is 163 Å². The number of rotatable bonds is 8. The molecule has 28 heavy (non-hydrogen) atoms. The van der Waals surface area contributed by atoms with Crippen molar-refractivity contribution in [3.63, 3.8) is 0 Å². The van der Waals surface area contributed by atoms with E-state index >= 15 is 0 Å². The molecule has 0 bridgehead atoms. The maximum atomic E-state index is 12.1. The van der Waals surface area contributed by atoms with Gasteiger partial charge in [-0.05, 0) is 35.6 Å². The first kappa shape index (κ1) is 19.7. The molecule has 0 fully saturated rings. The number of unbranched alkanes of at least 4 members (excludes halogenated alkanes) is 1. The van der Waals surface area contributed by atoms with Crippen LogP contribution in [0.3, 0.4) is 0 Å². The molecule has 5 heteroatoms. The summed E-state index contributed by atoms with van der Waals surface area (Å²) in [5.41, 5.74) is 2.68. The molecule has 0 spiro atoms. The van der Waals surface area contributed by atoms with Gasteiger partial charge in [-0.2, -0.15) is 0 Å². The fraction of sp³-hybridized carbons (Fsp3) is 0.304. The fourth-order valence-electron chi connectivity index (χ4n) is 3.01. The lowest BCUT2D eigenvalue weighted by Gasteiger charge is -2.13. The Kier molecular flexibility index (Phi) is 6.48. The number of benzene rings is 2. The first-order chi connectivity index (χ1) is 13.6. The molecule has 3 aromatic rings. The Hall–Kier alpha value is -3.08. The summed E-state index contributed by atoms with van der Waals surface area (Å²) in [5.74, 6) is 0.117. The summed E-state index contributed by atoms with van der Waals surface area (Å²) in [7, 11) is 0. The largest absolute Gasteiger partial charge is 0.481 e. The van der Waals surface area contributed by atoms with Crippen LogP contribution in [0.25, 0.3) is 22.1 Å². The van der Waals surface area contributed by atoms with Gasteiger partial charge in [-0.3, -0.25) is 0 Å². The van der Waals surface area contributed by atoms with Crippen molar-refractivity contribution in [2.45, 2.75) is 33.1 Å². The minimum absolute atomic E-state index is 0.176. The molecule has 0 atom stereocenters. The highest BCUT2D eigenvalue weighted by Crippen LogP contribution is 2.32. The molecule has 3 rings (SSSR count). The SMILES string of the molecule is CCCCOC(=O)COc1cc2oc(=O)cc(-c3ccccc3)c2cc1CC. The Morgan fingerprint density at radius 3 is 2.57 bits per heavy atom. The van der Waals surface area contributed by atoms with E-state index in [-0.39, 0.29) is 6.61 Å². The van der Waals surface area contributed by atoms with E-state index in [2.05, 4.69) is 0 Å². The molecule has 0 saturated heterocycles. The molecule has 2 aromatic carbocycles. The number of ether oxygens (including phenoxy) is 2. The second-order valence-corrected chi connectivity index (χ2v) is 6.52. The van der Waals surface area contributed by atoms with Gasteiger partial charge in [0.05, 0.1) is 6.61 Å². The zero-order valence-corrected chi connectivity index (χ0v) is 16.2. The van der Waals surface area contributed by atoms with Gasteiger partial charge in [0, 0.05) is 17.5 Å². The summed E-state index contributed by atoms with van der Waals surface area (Å²) < 4.78 is 16.2. The van der Waals surface area contributed by atoms with Crippen LogP contribution in [0, 0.1) is 0 Å². The van der Waals surface area contributed by atoms with Crippen LogP contribution in [0.1, 0.15) is 32.3 Å². The summed E-state index contributed by atoms with van der Waals surface area (Å²) in [5, 5.41) is 0.834. The molecule has 0 unspecified atom stereocenters. The van der Waals surface area contributed by atoms with E-state index in [0.29, 0.717) is 24.4 Å². The van der Waals surface area contributed by atoms with Crippen molar-refractivity contribution < 1.29 is 18.7 Å². The van der Waals surface area contributed by atoms with Gasteiger partial charge in [0.15, 0.2) is 6.61 Å². The lowest BCUT2D eigenvalue weighted by atomic mass is 9.99.